The van der Waals surface area contributed by atoms with E-state index in [-0.39, 0.29) is 10.1 Å². The van der Waals surface area contributed by atoms with Gasteiger partial charge in [0.15, 0.2) is 0 Å². The molecule has 0 spiro atoms. The van der Waals surface area contributed by atoms with Crippen LogP contribution >= 0.6 is 22.9 Å². The Morgan fingerprint density at radius 3 is 2.70 bits per heavy atom. The summed E-state index contributed by atoms with van der Waals surface area (Å²) in [4.78, 5) is 18.2. The number of pyridine rings is 1. The number of nitrogens with zero attached hydrogens (tertiary/aromatic N) is 2. The molecule has 9 heteroatoms. The highest BCUT2D eigenvalue weighted by Gasteiger charge is 2.17. The number of carbonyl (C=O) groups is 1. The number of hydrogen-bond acceptors (Lipinski definition) is 5. The van der Waals surface area contributed by atoms with Crippen LogP contribution < -0.4 is 4.72 Å². The molecule has 0 saturated carbocycles. The highest BCUT2D eigenvalue weighted by molar-refractivity contribution is 7.94. The number of nitrogens with one attached hydrogen (secondary N) is 1. The van der Waals surface area contributed by atoms with Gasteiger partial charge in [-0.1, -0.05) is 29.8 Å². The van der Waals surface area contributed by atoms with E-state index in [1.165, 1.54) is 17.0 Å². The minimum absolute atomic E-state index is 0.214. The van der Waals surface area contributed by atoms with Gasteiger partial charge in [-0.15, -0.1) is 11.3 Å². The van der Waals surface area contributed by atoms with E-state index in [1.54, 1.807) is 55.0 Å². The average Bonchev–Trinajstić information content (AvgIpc) is 3.18. The van der Waals surface area contributed by atoms with Crippen LogP contribution in [0.4, 0.5) is 5.69 Å². The molecule has 27 heavy (non-hydrogen) atoms. The summed E-state index contributed by atoms with van der Waals surface area (Å²) in [6, 6.07) is 13.0. The van der Waals surface area contributed by atoms with Gasteiger partial charge < -0.3 is 4.90 Å². The monoisotopic (exact) mass is 421 g/mol. The van der Waals surface area contributed by atoms with Crippen LogP contribution in [0.1, 0.15) is 15.9 Å². The Balaban J connectivity index is 1.74. The molecule has 0 radical (unpaired) electrons. The SMILES string of the molecule is CN(Cc1ccc(Cl)nc1)C(=O)c1cccc(NS(=O)(=O)c2cccs2)c1. The molecule has 2 aromatic heterocycles. The molecule has 0 aliphatic carbocycles. The number of aromatic nitrogens is 1. The summed E-state index contributed by atoms with van der Waals surface area (Å²) < 4.78 is 27.4. The summed E-state index contributed by atoms with van der Waals surface area (Å²) in [6.45, 7) is 0.355. The van der Waals surface area contributed by atoms with Crippen LogP contribution in [0.2, 0.25) is 5.15 Å². The lowest BCUT2D eigenvalue weighted by atomic mass is 10.1. The van der Waals surface area contributed by atoms with Crippen molar-refractivity contribution in [3.8, 4) is 0 Å². The van der Waals surface area contributed by atoms with Crippen molar-refractivity contribution in [3.63, 3.8) is 0 Å². The van der Waals surface area contributed by atoms with Gasteiger partial charge in [0.1, 0.15) is 9.36 Å². The molecule has 0 aliphatic heterocycles. The van der Waals surface area contributed by atoms with Gasteiger partial charge in [0, 0.05) is 31.0 Å². The number of amides is 1. The van der Waals surface area contributed by atoms with Crippen molar-refractivity contribution in [2.24, 2.45) is 0 Å². The van der Waals surface area contributed by atoms with E-state index in [0.717, 1.165) is 16.9 Å². The van der Waals surface area contributed by atoms with Crippen LogP contribution in [0, 0.1) is 0 Å². The van der Waals surface area contributed by atoms with E-state index in [1.807, 2.05) is 0 Å². The number of thiophene rings is 1. The number of carbonyl (C=O) groups excluding carboxylic acids is 1. The highest BCUT2D eigenvalue weighted by atomic mass is 35.5. The molecule has 0 bridgehead atoms. The molecule has 0 atom stereocenters. The summed E-state index contributed by atoms with van der Waals surface area (Å²) in [5, 5.41) is 2.08. The second-order valence-corrected chi connectivity index (χ2v) is 9.01. The largest absolute Gasteiger partial charge is 0.337 e. The van der Waals surface area contributed by atoms with Crippen molar-refractivity contribution in [1.29, 1.82) is 0 Å². The third-order valence-electron chi connectivity index (χ3n) is 3.68. The lowest BCUT2D eigenvalue weighted by Gasteiger charge is -2.18. The average molecular weight is 422 g/mol. The quantitative estimate of drug-likeness (QED) is 0.613. The first kappa shape index (κ1) is 19.3. The number of rotatable bonds is 6. The molecule has 1 aromatic carbocycles. The van der Waals surface area contributed by atoms with Crippen LogP contribution in [0.5, 0.6) is 0 Å². The predicted molar refractivity (Wildman–Crippen MR) is 107 cm³/mol. The van der Waals surface area contributed by atoms with Crippen LogP contribution in [-0.2, 0) is 16.6 Å². The standard InChI is InChI=1S/C18H16ClN3O3S2/c1-22(12-13-7-8-16(19)20-11-13)18(23)14-4-2-5-15(10-14)21-27(24,25)17-6-3-9-26-17/h2-11,21H,12H2,1H3. The Bertz CT molecular complexity index is 1040. The number of sulfonamides is 1. The Hall–Kier alpha value is -2.42. The van der Waals surface area contributed by atoms with Gasteiger partial charge in [-0.05, 0) is 41.3 Å². The third-order valence-corrected chi connectivity index (χ3v) is 6.68. The molecule has 0 saturated heterocycles. The fourth-order valence-corrected chi connectivity index (χ4v) is 4.56. The molecule has 6 nitrogen and oxygen atoms in total. The molecule has 3 rings (SSSR count). The van der Waals surface area contributed by atoms with Crippen LogP contribution in [0.3, 0.4) is 0 Å². The molecule has 0 fully saturated rings. The summed E-state index contributed by atoms with van der Waals surface area (Å²) >= 11 is 6.89. The smallest absolute Gasteiger partial charge is 0.271 e. The minimum atomic E-state index is -3.66. The Morgan fingerprint density at radius 2 is 2.04 bits per heavy atom. The molecular formula is C18H16ClN3O3S2. The second kappa shape index (κ2) is 8.08. The third kappa shape index (κ3) is 4.85. The van der Waals surface area contributed by atoms with E-state index in [0.29, 0.717) is 22.9 Å². The van der Waals surface area contributed by atoms with Gasteiger partial charge in [-0.3, -0.25) is 9.52 Å². The van der Waals surface area contributed by atoms with Gasteiger partial charge in [-0.2, -0.15) is 0 Å². The number of halogens is 1. The molecule has 140 valence electrons. The van der Waals surface area contributed by atoms with Gasteiger partial charge in [0.05, 0.1) is 0 Å². The van der Waals surface area contributed by atoms with Crippen LogP contribution in [0.15, 0.2) is 64.3 Å². The highest BCUT2D eigenvalue weighted by Crippen LogP contribution is 2.21. The van der Waals surface area contributed by atoms with E-state index < -0.39 is 10.0 Å². The van der Waals surface area contributed by atoms with Gasteiger partial charge >= 0.3 is 0 Å². The van der Waals surface area contributed by atoms with E-state index >= 15 is 0 Å². The maximum atomic E-state index is 12.7. The zero-order chi connectivity index (χ0) is 19.4. The Labute approximate surface area is 166 Å². The van der Waals surface area contributed by atoms with E-state index in [2.05, 4.69) is 9.71 Å². The van der Waals surface area contributed by atoms with Crippen LogP contribution in [0.25, 0.3) is 0 Å². The first-order valence-corrected chi connectivity index (χ1v) is 10.6. The topological polar surface area (TPSA) is 79.4 Å². The fraction of sp³-hybridized carbons (Fsp3) is 0.111. The Kier molecular flexibility index (Phi) is 5.79. The first-order valence-electron chi connectivity index (χ1n) is 7.87. The maximum Gasteiger partial charge on any atom is 0.271 e. The van der Waals surface area contributed by atoms with Gasteiger partial charge in [-0.25, -0.2) is 13.4 Å². The summed E-state index contributed by atoms with van der Waals surface area (Å²) in [7, 11) is -2.00. The fourth-order valence-electron chi connectivity index (χ4n) is 2.40. The van der Waals surface area contributed by atoms with E-state index in [4.69, 9.17) is 11.6 Å². The minimum Gasteiger partial charge on any atom is -0.337 e. The van der Waals surface area contributed by atoms with Crippen molar-refractivity contribution in [2.45, 2.75) is 10.8 Å². The summed E-state index contributed by atoms with van der Waals surface area (Å²) in [6.07, 6.45) is 1.61. The zero-order valence-electron chi connectivity index (χ0n) is 14.3. The molecular weight excluding hydrogens is 406 g/mol. The van der Waals surface area contributed by atoms with Gasteiger partial charge in [0.2, 0.25) is 0 Å². The predicted octanol–water partition coefficient (Wildman–Crippen LogP) is 3.87. The van der Waals surface area contributed by atoms with Gasteiger partial charge in [0.25, 0.3) is 15.9 Å². The molecule has 3 aromatic rings. The van der Waals surface area contributed by atoms with Crippen molar-refractivity contribution >= 4 is 44.6 Å². The summed E-state index contributed by atoms with van der Waals surface area (Å²) in [5.41, 5.74) is 1.55. The summed E-state index contributed by atoms with van der Waals surface area (Å²) in [5.74, 6) is -0.234. The molecule has 0 aliphatic rings. The van der Waals surface area contributed by atoms with Crippen LogP contribution in [-0.4, -0.2) is 31.3 Å². The van der Waals surface area contributed by atoms with Crippen molar-refractivity contribution < 1.29 is 13.2 Å². The van der Waals surface area contributed by atoms with Crippen molar-refractivity contribution in [1.82, 2.24) is 9.88 Å². The molecule has 0 unspecified atom stereocenters. The normalized spacial score (nSPS) is 11.2. The maximum absolute atomic E-state index is 12.7. The lowest BCUT2D eigenvalue weighted by Crippen LogP contribution is -2.26. The van der Waals surface area contributed by atoms with Crippen molar-refractivity contribution in [3.05, 3.63) is 76.4 Å². The molecule has 1 N–H and O–H groups in total. The number of hydrogen-bond donors (Lipinski definition) is 1. The first-order chi connectivity index (χ1) is 12.8. The van der Waals surface area contributed by atoms with E-state index in [9.17, 15) is 13.2 Å². The molecule has 2 heterocycles. The number of benzene rings is 1. The Morgan fingerprint density at radius 1 is 1.22 bits per heavy atom. The zero-order valence-corrected chi connectivity index (χ0v) is 16.7. The molecule has 1 amide bonds. The second-order valence-electron chi connectivity index (χ2n) is 5.77. The number of anilines is 1. The van der Waals surface area contributed by atoms with Crippen molar-refractivity contribution in [2.75, 3.05) is 11.8 Å². The lowest BCUT2D eigenvalue weighted by molar-refractivity contribution is 0.0785.